The molecular formula is C9H11N3S. The molecule has 0 aliphatic carbocycles. The average Bonchev–Trinajstić information content (AvgIpc) is 2.49. The lowest BCUT2D eigenvalue weighted by molar-refractivity contribution is 0.880. The first-order valence-electron chi connectivity index (χ1n) is 4.17. The van der Waals surface area contributed by atoms with Gasteiger partial charge in [0.2, 0.25) is 0 Å². The van der Waals surface area contributed by atoms with Crippen molar-refractivity contribution in [2.75, 3.05) is 5.73 Å². The Morgan fingerprint density at radius 3 is 2.85 bits per heavy atom. The van der Waals surface area contributed by atoms with Gasteiger partial charge in [-0.1, -0.05) is 13.8 Å². The largest absolute Gasteiger partial charge is 0.383 e. The molecule has 0 aromatic carbocycles. The maximum atomic E-state index is 5.79. The predicted molar refractivity (Wildman–Crippen MR) is 55.9 cm³/mol. The fourth-order valence-electron chi connectivity index (χ4n) is 1.35. The van der Waals surface area contributed by atoms with Crippen LogP contribution in [0.2, 0.25) is 0 Å². The molecule has 2 aromatic rings. The molecule has 2 aromatic heterocycles. The van der Waals surface area contributed by atoms with Crippen LogP contribution in [-0.2, 0) is 0 Å². The quantitative estimate of drug-likeness (QED) is 0.756. The van der Waals surface area contributed by atoms with Gasteiger partial charge in [0.1, 0.15) is 17.0 Å². The van der Waals surface area contributed by atoms with Crippen LogP contribution in [0.25, 0.3) is 10.2 Å². The van der Waals surface area contributed by atoms with Crippen molar-refractivity contribution in [3.63, 3.8) is 0 Å². The molecule has 3 nitrogen and oxygen atoms in total. The molecule has 0 unspecified atom stereocenters. The van der Waals surface area contributed by atoms with E-state index in [1.807, 2.05) is 0 Å². The lowest BCUT2D eigenvalue weighted by Crippen LogP contribution is -1.94. The molecule has 2 heterocycles. The number of thiophene rings is 1. The van der Waals surface area contributed by atoms with Gasteiger partial charge in [-0.15, -0.1) is 11.3 Å². The van der Waals surface area contributed by atoms with Gasteiger partial charge in [0.25, 0.3) is 0 Å². The normalized spacial score (nSPS) is 11.3. The molecule has 2 N–H and O–H groups in total. The minimum Gasteiger partial charge on any atom is -0.383 e. The zero-order chi connectivity index (χ0) is 9.42. The molecule has 0 aliphatic rings. The van der Waals surface area contributed by atoms with E-state index in [0.29, 0.717) is 11.7 Å². The van der Waals surface area contributed by atoms with Crippen molar-refractivity contribution in [3.05, 3.63) is 17.3 Å². The van der Waals surface area contributed by atoms with Gasteiger partial charge in [0, 0.05) is 0 Å². The van der Waals surface area contributed by atoms with E-state index in [-0.39, 0.29) is 0 Å². The van der Waals surface area contributed by atoms with Crippen LogP contribution in [0.15, 0.2) is 11.7 Å². The van der Waals surface area contributed by atoms with Crippen LogP contribution in [0, 0.1) is 0 Å². The number of nitrogens with two attached hydrogens (primary N) is 1. The molecule has 0 bridgehead atoms. The molecule has 0 radical (unpaired) electrons. The zero-order valence-corrected chi connectivity index (χ0v) is 8.43. The van der Waals surface area contributed by atoms with E-state index in [9.17, 15) is 0 Å². The summed E-state index contributed by atoms with van der Waals surface area (Å²) in [7, 11) is 0. The summed E-state index contributed by atoms with van der Waals surface area (Å²) >= 11 is 1.63. The number of aromatic nitrogens is 2. The number of rotatable bonds is 1. The number of nitrogen functional groups attached to an aromatic ring is 1. The first-order valence-corrected chi connectivity index (χ1v) is 5.05. The van der Waals surface area contributed by atoms with E-state index in [0.717, 1.165) is 10.2 Å². The fourth-order valence-corrected chi connectivity index (χ4v) is 2.42. The monoisotopic (exact) mass is 193 g/mol. The molecule has 0 saturated carbocycles. The third-order valence-corrected chi connectivity index (χ3v) is 2.95. The summed E-state index contributed by atoms with van der Waals surface area (Å²) in [4.78, 5) is 9.15. The number of hydrogen-bond donors (Lipinski definition) is 1. The summed E-state index contributed by atoms with van der Waals surface area (Å²) in [5.74, 6) is 1.07. The second-order valence-corrected chi connectivity index (χ2v) is 4.14. The number of fused-ring (bicyclic) bond motifs is 1. The molecule has 0 fully saturated rings. The standard InChI is InChI=1S/C9H11N3S/c1-5(2)6-3-13-9-7(6)8(10)11-4-12-9/h3-5H,1-2H3,(H2,10,11,12). The SMILES string of the molecule is CC(C)c1csc2ncnc(N)c12. The Labute approximate surface area is 80.6 Å². The van der Waals surface area contributed by atoms with Crippen molar-refractivity contribution in [2.45, 2.75) is 19.8 Å². The van der Waals surface area contributed by atoms with Crippen LogP contribution in [-0.4, -0.2) is 9.97 Å². The highest BCUT2D eigenvalue weighted by Gasteiger charge is 2.11. The highest BCUT2D eigenvalue weighted by molar-refractivity contribution is 7.17. The number of hydrogen-bond acceptors (Lipinski definition) is 4. The topological polar surface area (TPSA) is 51.8 Å². The molecule has 0 aliphatic heterocycles. The molecular weight excluding hydrogens is 182 g/mol. The summed E-state index contributed by atoms with van der Waals surface area (Å²) in [5.41, 5.74) is 7.04. The lowest BCUT2D eigenvalue weighted by atomic mass is 10.0. The maximum Gasteiger partial charge on any atom is 0.135 e. The van der Waals surface area contributed by atoms with Crippen molar-refractivity contribution in [3.8, 4) is 0 Å². The van der Waals surface area contributed by atoms with Gasteiger partial charge in [0.15, 0.2) is 0 Å². The Balaban J connectivity index is 2.79. The van der Waals surface area contributed by atoms with Gasteiger partial charge >= 0.3 is 0 Å². The van der Waals surface area contributed by atoms with Gasteiger partial charge < -0.3 is 5.73 Å². The Bertz CT molecular complexity index is 433. The average molecular weight is 193 g/mol. The summed E-state index contributed by atoms with van der Waals surface area (Å²) in [6.07, 6.45) is 1.51. The fraction of sp³-hybridized carbons (Fsp3) is 0.333. The highest BCUT2D eigenvalue weighted by atomic mass is 32.1. The molecule has 68 valence electrons. The second kappa shape index (κ2) is 2.96. The lowest BCUT2D eigenvalue weighted by Gasteiger charge is -2.03. The Morgan fingerprint density at radius 1 is 1.38 bits per heavy atom. The maximum absolute atomic E-state index is 5.79. The summed E-state index contributed by atoms with van der Waals surface area (Å²) < 4.78 is 0. The smallest absolute Gasteiger partial charge is 0.135 e. The molecule has 0 atom stereocenters. The Kier molecular flexibility index (Phi) is 1.92. The van der Waals surface area contributed by atoms with Crippen LogP contribution in [0.5, 0.6) is 0 Å². The first-order chi connectivity index (χ1) is 6.20. The van der Waals surface area contributed by atoms with Crippen molar-refractivity contribution >= 4 is 27.4 Å². The summed E-state index contributed by atoms with van der Waals surface area (Å²) in [6, 6.07) is 0. The van der Waals surface area contributed by atoms with Crippen molar-refractivity contribution in [1.29, 1.82) is 0 Å². The summed E-state index contributed by atoms with van der Waals surface area (Å²) in [5, 5.41) is 3.14. The van der Waals surface area contributed by atoms with Crippen molar-refractivity contribution in [1.82, 2.24) is 9.97 Å². The zero-order valence-electron chi connectivity index (χ0n) is 7.61. The number of anilines is 1. The minimum absolute atomic E-state index is 0.474. The van der Waals surface area contributed by atoms with E-state index in [2.05, 4.69) is 29.2 Å². The van der Waals surface area contributed by atoms with E-state index in [4.69, 9.17) is 5.73 Å². The van der Waals surface area contributed by atoms with Crippen LogP contribution in [0.1, 0.15) is 25.3 Å². The molecule has 0 spiro atoms. The Morgan fingerprint density at radius 2 is 2.15 bits per heavy atom. The van der Waals surface area contributed by atoms with Crippen molar-refractivity contribution in [2.24, 2.45) is 0 Å². The highest BCUT2D eigenvalue weighted by Crippen LogP contribution is 2.32. The van der Waals surface area contributed by atoms with Gasteiger partial charge in [0.05, 0.1) is 5.39 Å². The molecule has 0 amide bonds. The minimum atomic E-state index is 0.474. The third kappa shape index (κ3) is 1.27. The molecule has 13 heavy (non-hydrogen) atoms. The third-order valence-electron chi connectivity index (χ3n) is 2.05. The van der Waals surface area contributed by atoms with Crippen LogP contribution in [0.4, 0.5) is 5.82 Å². The molecule has 0 saturated heterocycles. The van der Waals surface area contributed by atoms with Gasteiger partial charge in [-0.3, -0.25) is 0 Å². The van der Waals surface area contributed by atoms with Crippen LogP contribution in [0.3, 0.4) is 0 Å². The van der Waals surface area contributed by atoms with Crippen LogP contribution >= 0.6 is 11.3 Å². The van der Waals surface area contributed by atoms with E-state index in [1.54, 1.807) is 11.3 Å². The summed E-state index contributed by atoms with van der Waals surface area (Å²) in [6.45, 7) is 4.29. The van der Waals surface area contributed by atoms with E-state index >= 15 is 0 Å². The first kappa shape index (κ1) is 8.44. The van der Waals surface area contributed by atoms with Crippen molar-refractivity contribution < 1.29 is 0 Å². The van der Waals surface area contributed by atoms with E-state index in [1.165, 1.54) is 11.9 Å². The Hall–Kier alpha value is -1.16. The van der Waals surface area contributed by atoms with Gasteiger partial charge in [-0.05, 0) is 16.9 Å². The van der Waals surface area contributed by atoms with Gasteiger partial charge in [-0.2, -0.15) is 0 Å². The number of nitrogens with zero attached hydrogens (tertiary/aromatic N) is 2. The second-order valence-electron chi connectivity index (χ2n) is 3.28. The molecule has 2 rings (SSSR count). The van der Waals surface area contributed by atoms with Gasteiger partial charge in [-0.25, -0.2) is 9.97 Å². The van der Waals surface area contributed by atoms with E-state index < -0.39 is 0 Å². The van der Waals surface area contributed by atoms with Crippen LogP contribution < -0.4 is 5.73 Å². The predicted octanol–water partition coefficient (Wildman–Crippen LogP) is 2.40. The molecule has 4 heteroatoms.